The number of hydrogen-bond acceptors (Lipinski definition) is 5. The van der Waals surface area contributed by atoms with Crippen molar-refractivity contribution in [3.05, 3.63) is 53.6 Å². The molecule has 0 N–H and O–H groups in total. The third-order valence-electron chi connectivity index (χ3n) is 4.66. The largest absolute Gasteiger partial charge is 0.454 e. The number of morpholine rings is 1. The van der Waals surface area contributed by atoms with Crippen molar-refractivity contribution in [1.82, 2.24) is 4.31 Å². The van der Waals surface area contributed by atoms with Crippen LogP contribution in [0.25, 0.3) is 0 Å². The van der Waals surface area contributed by atoms with Crippen molar-refractivity contribution in [2.45, 2.75) is 31.0 Å². The van der Waals surface area contributed by atoms with Crippen molar-refractivity contribution in [3.63, 3.8) is 0 Å². The van der Waals surface area contributed by atoms with Gasteiger partial charge in [0.05, 0.1) is 17.1 Å². The Morgan fingerprint density at radius 1 is 1.00 bits per heavy atom. The first kappa shape index (κ1) is 17.3. The first-order valence-corrected chi connectivity index (χ1v) is 9.99. The monoisotopic (exact) mass is 375 g/mol. The molecule has 4 rings (SSSR count). The molecule has 2 aliphatic rings. The molecule has 0 bridgehead atoms. The van der Waals surface area contributed by atoms with Crippen LogP contribution in [0.15, 0.2) is 47.4 Å². The van der Waals surface area contributed by atoms with Gasteiger partial charge in [0.1, 0.15) is 0 Å². The lowest BCUT2D eigenvalue weighted by Crippen LogP contribution is -2.45. The molecule has 26 heavy (non-hydrogen) atoms. The van der Waals surface area contributed by atoms with Gasteiger partial charge >= 0.3 is 0 Å². The minimum Gasteiger partial charge on any atom is -0.454 e. The summed E-state index contributed by atoms with van der Waals surface area (Å²) in [7, 11) is -3.65. The highest BCUT2D eigenvalue weighted by atomic mass is 32.2. The van der Waals surface area contributed by atoms with Crippen LogP contribution in [0.2, 0.25) is 0 Å². The van der Waals surface area contributed by atoms with Crippen LogP contribution in [0.1, 0.15) is 24.2 Å². The smallest absolute Gasteiger partial charge is 0.243 e. The van der Waals surface area contributed by atoms with E-state index in [2.05, 4.69) is 0 Å². The van der Waals surface area contributed by atoms with Crippen LogP contribution < -0.4 is 9.47 Å². The molecular weight excluding hydrogens is 354 g/mol. The highest BCUT2D eigenvalue weighted by molar-refractivity contribution is 7.89. The van der Waals surface area contributed by atoms with Crippen molar-refractivity contribution >= 4 is 10.0 Å². The van der Waals surface area contributed by atoms with E-state index in [4.69, 9.17) is 14.2 Å². The zero-order valence-corrected chi connectivity index (χ0v) is 15.5. The molecule has 0 saturated carbocycles. The maximum atomic E-state index is 13.1. The summed E-state index contributed by atoms with van der Waals surface area (Å²) in [6.07, 6.45) is -0.484. The Kier molecular flexibility index (Phi) is 4.38. The predicted molar refractivity (Wildman–Crippen MR) is 95.8 cm³/mol. The number of aryl methyl sites for hydroxylation is 1. The summed E-state index contributed by atoms with van der Waals surface area (Å²) in [4.78, 5) is 0.207. The Hall–Kier alpha value is -2.09. The lowest BCUT2D eigenvalue weighted by molar-refractivity contribution is -0.0557. The zero-order valence-electron chi connectivity index (χ0n) is 14.7. The predicted octanol–water partition coefficient (Wildman–Crippen LogP) is 2.87. The van der Waals surface area contributed by atoms with E-state index in [1.54, 1.807) is 12.1 Å². The highest BCUT2D eigenvalue weighted by Crippen LogP contribution is 2.36. The second-order valence-electron chi connectivity index (χ2n) is 6.68. The number of rotatable bonds is 3. The maximum Gasteiger partial charge on any atom is 0.243 e. The van der Waals surface area contributed by atoms with E-state index in [1.807, 2.05) is 38.1 Å². The summed E-state index contributed by atoms with van der Waals surface area (Å²) >= 11 is 0. The third-order valence-corrected chi connectivity index (χ3v) is 6.49. The van der Waals surface area contributed by atoms with E-state index < -0.39 is 10.0 Å². The molecule has 0 spiro atoms. The number of ether oxygens (including phenoxy) is 3. The number of benzene rings is 2. The fourth-order valence-corrected chi connectivity index (χ4v) is 4.79. The normalized spacial score (nSPS) is 23.2. The van der Waals surface area contributed by atoms with E-state index in [0.29, 0.717) is 18.0 Å². The van der Waals surface area contributed by atoms with E-state index in [-0.39, 0.29) is 30.4 Å². The minimum atomic E-state index is -3.65. The Balaban J connectivity index is 1.62. The molecular formula is C19H21NO5S. The van der Waals surface area contributed by atoms with Crippen molar-refractivity contribution < 1.29 is 22.6 Å². The van der Waals surface area contributed by atoms with E-state index in [0.717, 1.165) is 11.1 Å². The lowest BCUT2D eigenvalue weighted by atomic mass is 10.1. The van der Waals surface area contributed by atoms with Crippen LogP contribution in [-0.4, -0.2) is 38.7 Å². The number of nitrogens with zero attached hydrogens (tertiary/aromatic N) is 1. The molecule has 2 atom stereocenters. The fourth-order valence-electron chi connectivity index (χ4n) is 3.26. The summed E-state index contributed by atoms with van der Waals surface area (Å²) in [5, 5.41) is 0. The molecule has 1 fully saturated rings. The van der Waals surface area contributed by atoms with E-state index in [9.17, 15) is 8.42 Å². The number of hydrogen-bond donors (Lipinski definition) is 0. The summed E-state index contributed by atoms with van der Waals surface area (Å²) in [5.74, 6) is 1.03. The minimum absolute atomic E-state index is 0.114. The first-order chi connectivity index (χ1) is 12.4. The molecule has 2 aliphatic heterocycles. The first-order valence-electron chi connectivity index (χ1n) is 8.55. The summed E-state index contributed by atoms with van der Waals surface area (Å²) in [6.45, 7) is 4.62. The fraction of sp³-hybridized carbons (Fsp3) is 0.368. The molecule has 0 aliphatic carbocycles. The third kappa shape index (κ3) is 3.18. The summed E-state index contributed by atoms with van der Waals surface area (Å²) in [6, 6.07) is 12.7. The van der Waals surface area contributed by atoms with Crippen LogP contribution in [0, 0.1) is 6.92 Å². The van der Waals surface area contributed by atoms with Gasteiger partial charge in [0.25, 0.3) is 0 Å². The molecule has 7 heteroatoms. The number of fused-ring (bicyclic) bond motifs is 1. The van der Waals surface area contributed by atoms with Crippen molar-refractivity contribution in [2.24, 2.45) is 0 Å². The van der Waals surface area contributed by atoms with Gasteiger partial charge in [0, 0.05) is 19.2 Å². The van der Waals surface area contributed by atoms with Gasteiger partial charge in [-0.05, 0) is 31.5 Å². The quantitative estimate of drug-likeness (QED) is 0.825. The van der Waals surface area contributed by atoms with Gasteiger partial charge < -0.3 is 14.2 Å². The molecule has 0 amide bonds. The van der Waals surface area contributed by atoms with Crippen LogP contribution >= 0.6 is 0 Å². The Labute approximate surface area is 153 Å². The van der Waals surface area contributed by atoms with Gasteiger partial charge in [0.15, 0.2) is 11.5 Å². The molecule has 2 aromatic rings. The van der Waals surface area contributed by atoms with Gasteiger partial charge in [-0.25, -0.2) is 8.42 Å². The standard InChI is InChI=1S/C19H21NO5S/c1-13-3-5-15(6-4-13)19-11-20(10-14(2)25-19)26(21,22)16-7-8-17-18(9-16)24-12-23-17/h3-9,14,19H,10-12H2,1-2H3. The van der Waals surface area contributed by atoms with Crippen LogP contribution in [-0.2, 0) is 14.8 Å². The molecule has 2 heterocycles. The average Bonchev–Trinajstić information content (AvgIpc) is 3.09. The Morgan fingerprint density at radius 2 is 1.73 bits per heavy atom. The summed E-state index contributed by atoms with van der Waals surface area (Å²) < 4.78 is 44.3. The molecule has 2 unspecified atom stereocenters. The highest BCUT2D eigenvalue weighted by Gasteiger charge is 2.35. The lowest BCUT2D eigenvalue weighted by Gasteiger charge is -2.36. The van der Waals surface area contributed by atoms with Gasteiger partial charge in [-0.3, -0.25) is 0 Å². The van der Waals surface area contributed by atoms with E-state index in [1.165, 1.54) is 10.4 Å². The second-order valence-corrected chi connectivity index (χ2v) is 8.62. The topological polar surface area (TPSA) is 65.1 Å². The van der Waals surface area contributed by atoms with Crippen LogP contribution in [0.3, 0.4) is 0 Å². The molecule has 0 aromatic heterocycles. The van der Waals surface area contributed by atoms with E-state index >= 15 is 0 Å². The summed E-state index contributed by atoms with van der Waals surface area (Å²) in [5.41, 5.74) is 2.13. The molecule has 1 saturated heterocycles. The Bertz CT molecular complexity index is 910. The van der Waals surface area contributed by atoms with Gasteiger partial charge in [-0.15, -0.1) is 0 Å². The van der Waals surface area contributed by atoms with Crippen molar-refractivity contribution in [2.75, 3.05) is 19.9 Å². The molecule has 6 nitrogen and oxygen atoms in total. The molecule has 2 aromatic carbocycles. The second kappa shape index (κ2) is 6.57. The van der Waals surface area contributed by atoms with Crippen molar-refractivity contribution in [1.29, 1.82) is 0 Å². The molecule has 0 radical (unpaired) electrons. The van der Waals surface area contributed by atoms with Gasteiger partial charge in [-0.1, -0.05) is 29.8 Å². The van der Waals surface area contributed by atoms with Crippen molar-refractivity contribution in [3.8, 4) is 11.5 Å². The van der Waals surface area contributed by atoms with Gasteiger partial charge in [-0.2, -0.15) is 4.31 Å². The Morgan fingerprint density at radius 3 is 2.50 bits per heavy atom. The molecule has 138 valence electrons. The van der Waals surface area contributed by atoms with Crippen LogP contribution in [0.5, 0.6) is 11.5 Å². The van der Waals surface area contributed by atoms with Gasteiger partial charge in [0.2, 0.25) is 16.8 Å². The average molecular weight is 375 g/mol. The maximum absolute atomic E-state index is 13.1. The zero-order chi connectivity index (χ0) is 18.3. The SMILES string of the molecule is Cc1ccc(C2CN(S(=O)(=O)c3ccc4c(c3)OCO4)CC(C)O2)cc1. The number of sulfonamides is 1. The van der Waals surface area contributed by atoms with Crippen LogP contribution in [0.4, 0.5) is 0 Å².